The zero-order valence-electron chi connectivity index (χ0n) is 10.2. The molecule has 0 aliphatic carbocycles. The summed E-state index contributed by atoms with van der Waals surface area (Å²) in [5.41, 5.74) is 2.35. The zero-order valence-corrected chi connectivity index (χ0v) is 11.8. The van der Waals surface area contributed by atoms with Gasteiger partial charge in [-0.3, -0.25) is 4.79 Å². The molecule has 1 aliphatic rings. The molecular formula is C14H17BrN2O. The summed E-state index contributed by atoms with van der Waals surface area (Å²) in [7, 11) is 0. The molecule has 0 bridgehead atoms. The van der Waals surface area contributed by atoms with E-state index in [-0.39, 0.29) is 5.91 Å². The Morgan fingerprint density at radius 1 is 1.33 bits per heavy atom. The van der Waals surface area contributed by atoms with Crippen LogP contribution in [0, 0.1) is 0 Å². The van der Waals surface area contributed by atoms with E-state index in [1.807, 2.05) is 24.3 Å². The summed E-state index contributed by atoms with van der Waals surface area (Å²) >= 11 is 3.38. The van der Waals surface area contributed by atoms with Crippen molar-refractivity contribution in [2.45, 2.75) is 12.8 Å². The number of carbonyl (C=O) groups excluding carboxylic acids is 1. The highest BCUT2D eigenvalue weighted by Gasteiger charge is 2.06. The fourth-order valence-corrected chi connectivity index (χ4v) is 2.16. The minimum absolute atomic E-state index is 0.0803. The predicted molar refractivity (Wildman–Crippen MR) is 76.4 cm³/mol. The Bertz CT molecular complexity index is 440. The van der Waals surface area contributed by atoms with Gasteiger partial charge in [0.1, 0.15) is 0 Å². The van der Waals surface area contributed by atoms with Crippen molar-refractivity contribution in [2.24, 2.45) is 0 Å². The number of halogens is 1. The topological polar surface area (TPSA) is 41.1 Å². The molecule has 2 rings (SSSR count). The maximum Gasteiger partial charge on any atom is 0.224 e. The SMILES string of the molecule is O=C(Cc1ccc(Br)cc1)NCC1=CCNCC1. The fourth-order valence-electron chi connectivity index (χ4n) is 1.89. The number of benzene rings is 1. The number of rotatable bonds is 4. The zero-order chi connectivity index (χ0) is 12.8. The molecule has 0 saturated carbocycles. The predicted octanol–water partition coefficient (Wildman–Crippen LogP) is 2.03. The van der Waals surface area contributed by atoms with E-state index < -0.39 is 0 Å². The van der Waals surface area contributed by atoms with Gasteiger partial charge < -0.3 is 10.6 Å². The van der Waals surface area contributed by atoms with Crippen molar-refractivity contribution in [3.8, 4) is 0 Å². The van der Waals surface area contributed by atoms with Gasteiger partial charge in [0.2, 0.25) is 5.91 Å². The van der Waals surface area contributed by atoms with E-state index in [1.165, 1.54) is 5.57 Å². The molecule has 0 spiro atoms. The molecule has 3 nitrogen and oxygen atoms in total. The van der Waals surface area contributed by atoms with Gasteiger partial charge in [-0.1, -0.05) is 39.7 Å². The molecule has 1 heterocycles. The monoisotopic (exact) mass is 308 g/mol. The fraction of sp³-hybridized carbons (Fsp3) is 0.357. The summed E-state index contributed by atoms with van der Waals surface area (Å²) in [4.78, 5) is 11.8. The minimum Gasteiger partial charge on any atom is -0.352 e. The van der Waals surface area contributed by atoms with Gasteiger partial charge in [0.25, 0.3) is 0 Å². The van der Waals surface area contributed by atoms with Crippen LogP contribution in [0.25, 0.3) is 0 Å². The van der Waals surface area contributed by atoms with Crippen LogP contribution >= 0.6 is 15.9 Å². The highest BCUT2D eigenvalue weighted by Crippen LogP contribution is 2.11. The number of amides is 1. The lowest BCUT2D eigenvalue weighted by atomic mass is 10.1. The molecule has 0 atom stereocenters. The van der Waals surface area contributed by atoms with Crippen LogP contribution in [0.15, 0.2) is 40.4 Å². The van der Waals surface area contributed by atoms with Gasteiger partial charge in [-0.05, 0) is 30.7 Å². The first-order chi connectivity index (χ1) is 8.74. The van der Waals surface area contributed by atoms with Crippen molar-refractivity contribution in [1.29, 1.82) is 0 Å². The van der Waals surface area contributed by atoms with Crippen molar-refractivity contribution in [3.63, 3.8) is 0 Å². The third kappa shape index (κ3) is 4.27. The van der Waals surface area contributed by atoms with Gasteiger partial charge in [-0.15, -0.1) is 0 Å². The van der Waals surface area contributed by atoms with Gasteiger partial charge in [0.15, 0.2) is 0 Å². The standard InChI is InChI=1S/C14H17BrN2O/c15-13-3-1-11(2-4-13)9-14(18)17-10-12-5-7-16-8-6-12/h1-5,16H,6-10H2,(H,17,18). The Kier molecular flexibility index (Phi) is 4.96. The van der Waals surface area contributed by atoms with E-state index >= 15 is 0 Å². The molecule has 1 aromatic rings. The quantitative estimate of drug-likeness (QED) is 0.836. The van der Waals surface area contributed by atoms with Crippen LogP contribution in [-0.4, -0.2) is 25.5 Å². The molecule has 2 N–H and O–H groups in total. The number of hydrogen-bond acceptors (Lipinski definition) is 2. The lowest BCUT2D eigenvalue weighted by Crippen LogP contribution is -2.30. The third-order valence-corrected chi connectivity index (χ3v) is 3.48. The van der Waals surface area contributed by atoms with Crippen LogP contribution in [0.5, 0.6) is 0 Å². The van der Waals surface area contributed by atoms with Crippen LogP contribution in [0.2, 0.25) is 0 Å². The number of carbonyl (C=O) groups is 1. The van der Waals surface area contributed by atoms with E-state index in [2.05, 4.69) is 32.6 Å². The number of nitrogens with one attached hydrogen (secondary N) is 2. The van der Waals surface area contributed by atoms with E-state index in [0.29, 0.717) is 13.0 Å². The molecule has 0 unspecified atom stereocenters. The van der Waals surface area contributed by atoms with Gasteiger partial charge in [0.05, 0.1) is 6.42 Å². The average molecular weight is 309 g/mol. The summed E-state index contributed by atoms with van der Waals surface area (Å²) in [5.74, 6) is 0.0803. The molecule has 0 radical (unpaired) electrons. The van der Waals surface area contributed by atoms with Crippen molar-refractivity contribution < 1.29 is 4.79 Å². The summed E-state index contributed by atoms with van der Waals surface area (Å²) in [6, 6.07) is 7.84. The van der Waals surface area contributed by atoms with Gasteiger partial charge in [-0.25, -0.2) is 0 Å². The maximum absolute atomic E-state index is 11.8. The summed E-state index contributed by atoms with van der Waals surface area (Å²) in [5, 5.41) is 6.22. The molecule has 4 heteroatoms. The Hall–Kier alpha value is -1.13. The van der Waals surface area contributed by atoms with Crippen molar-refractivity contribution in [1.82, 2.24) is 10.6 Å². The summed E-state index contributed by atoms with van der Waals surface area (Å²) in [6.45, 7) is 2.60. The normalized spacial score (nSPS) is 15.1. The second-order valence-electron chi connectivity index (χ2n) is 4.40. The molecule has 1 aromatic carbocycles. The first-order valence-corrected chi connectivity index (χ1v) is 6.93. The lowest BCUT2D eigenvalue weighted by molar-refractivity contribution is -0.120. The minimum atomic E-state index is 0.0803. The van der Waals surface area contributed by atoms with Crippen molar-refractivity contribution >= 4 is 21.8 Å². The van der Waals surface area contributed by atoms with E-state index in [1.54, 1.807) is 0 Å². The smallest absolute Gasteiger partial charge is 0.224 e. The molecule has 18 heavy (non-hydrogen) atoms. The average Bonchev–Trinajstić information content (AvgIpc) is 2.40. The van der Waals surface area contributed by atoms with Crippen LogP contribution in [-0.2, 0) is 11.2 Å². The largest absolute Gasteiger partial charge is 0.352 e. The Morgan fingerprint density at radius 2 is 2.11 bits per heavy atom. The molecule has 0 fully saturated rings. The molecule has 1 aliphatic heterocycles. The first kappa shape index (κ1) is 13.3. The lowest BCUT2D eigenvalue weighted by Gasteiger charge is -2.14. The van der Waals surface area contributed by atoms with E-state index in [9.17, 15) is 4.79 Å². The Morgan fingerprint density at radius 3 is 2.78 bits per heavy atom. The van der Waals surface area contributed by atoms with Crippen LogP contribution in [0.1, 0.15) is 12.0 Å². The second kappa shape index (κ2) is 6.71. The molecule has 1 amide bonds. The van der Waals surface area contributed by atoms with E-state index in [0.717, 1.165) is 29.5 Å². The van der Waals surface area contributed by atoms with Crippen LogP contribution in [0.4, 0.5) is 0 Å². The second-order valence-corrected chi connectivity index (χ2v) is 5.31. The van der Waals surface area contributed by atoms with Gasteiger partial charge in [-0.2, -0.15) is 0 Å². The van der Waals surface area contributed by atoms with Crippen molar-refractivity contribution in [3.05, 3.63) is 46.0 Å². The first-order valence-electron chi connectivity index (χ1n) is 6.14. The molecule has 0 aromatic heterocycles. The van der Waals surface area contributed by atoms with E-state index in [4.69, 9.17) is 0 Å². The van der Waals surface area contributed by atoms with Gasteiger partial charge >= 0.3 is 0 Å². The summed E-state index contributed by atoms with van der Waals surface area (Å²) < 4.78 is 1.03. The Balaban J connectivity index is 1.78. The molecule has 0 saturated heterocycles. The van der Waals surface area contributed by atoms with Crippen LogP contribution < -0.4 is 10.6 Å². The highest BCUT2D eigenvalue weighted by atomic mass is 79.9. The Labute approximate surface area is 116 Å². The van der Waals surface area contributed by atoms with Crippen molar-refractivity contribution in [2.75, 3.05) is 19.6 Å². The maximum atomic E-state index is 11.8. The van der Waals surface area contributed by atoms with Gasteiger partial charge in [0, 0.05) is 17.6 Å². The summed E-state index contributed by atoms with van der Waals surface area (Å²) in [6.07, 6.45) is 3.63. The third-order valence-electron chi connectivity index (χ3n) is 2.95. The molecular weight excluding hydrogens is 292 g/mol. The van der Waals surface area contributed by atoms with Crippen LogP contribution in [0.3, 0.4) is 0 Å². The molecule has 96 valence electrons. The highest BCUT2D eigenvalue weighted by molar-refractivity contribution is 9.10. The number of hydrogen-bond donors (Lipinski definition) is 2.